The van der Waals surface area contributed by atoms with Gasteiger partial charge in [-0.1, -0.05) is 18.2 Å². The Balaban J connectivity index is 1.40. The number of rotatable bonds is 5. The summed E-state index contributed by atoms with van der Waals surface area (Å²) in [6.07, 6.45) is 6.37. The third kappa shape index (κ3) is 3.92. The fourth-order valence-electron chi connectivity index (χ4n) is 6.15. The minimum atomic E-state index is -0.501. The fourth-order valence-corrected chi connectivity index (χ4v) is 6.15. The highest BCUT2D eigenvalue weighted by molar-refractivity contribution is 6.00. The van der Waals surface area contributed by atoms with Gasteiger partial charge in [-0.3, -0.25) is 14.6 Å². The molecule has 2 aliphatic rings. The van der Waals surface area contributed by atoms with Crippen molar-refractivity contribution in [1.82, 2.24) is 24.5 Å². The summed E-state index contributed by atoms with van der Waals surface area (Å²) in [5, 5.41) is 13.8. The van der Waals surface area contributed by atoms with Crippen molar-refractivity contribution >= 4 is 23.2 Å². The molecule has 3 atom stereocenters. The van der Waals surface area contributed by atoms with E-state index in [1.807, 2.05) is 17.0 Å². The fraction of sp³-hybridized carbons (Fsp3) is 0.321. The van der Waals surface area contributed by atoms with Gasteiger partial charge in [0.1, 0.15) is 18.2 Å². The van der Waals surface area contributed by atoms with Gasteiger partial charge in [-0.15, -0.1) is 0 Å². The van der Waals surface area contributed by atoms with Crippen LogP contribution in [0.2, 0.25) is 0 Å². The molecule has 4 aromatic rings. The predicted octanol–water partition coefficient (Wildman–Crippen LogP) is 3.61. The number of fused-ring (bicyclic) bond motifs is 3. The van der Waals surface area contributed by atoms with Gasteiger partial charge >= 0.3 is 0 Å². The molecule has 0 aliphatic carbocycles. The lowest BCUT2D eigenvalue weighted by atomic mass is 9.85. The first kappa shape index (κ1) is 24.2. The standard InChI is InChI=1S/C28H27FN6O3/c1-15(37)25-26(18-10-20-6-7-21(11-18)34(20)24(38)14-36)33-28-22(13-32-35(28)27(25)30)17-5-8-23(31-12-17)16-3-2-4-19(29)9-16/h2-5,8-9,12-13,18,20-21,36H,6-7,10-11,14,30H2,1H3/t18?,20-,21+. The van der Waals surface area contributed by atoms with E-state index in [2.05, 4.69) is 10.1 Å². The maximum atomic E-state index is 13.7. The Hall–Kier alpha value is -4.18. The minimum Gasteiger partial charge on any atom is -0.387 e. The highest BCUT2D eigenvalue weighted by Crippen LogP contribution is 2.44. The number of nitrogens with zero attached hydrogens (tertiary/aromatic N) is 5. The number of hydrogen-bond donors (Lipinski definition) is 2. The number of ketones is 1. The van der Waals surface area contributed by atoms with Crippen molar-refractivity contribution in [2.24, 2.45) is 0 Å². The normalized spacial score (nSPS) is 20.7. The van der Waals surface area contributed by atoms with E-state index in [1.54, 1.807) is 24.5 Å². The minimum absolute atomic E-state index is 0.00130. The lowest BCUT2D eigenvalue weighted by Crippen LogP contribution is -2.47. The van der Waals surface area contributed by atoms with Crippen LogP contribution in [-0.2, 0) is 4.79 Å². The number of benzene rings is 1. The molecule has 1 unspecified atom stereocenters. The summed E-state index contributed by atoms with van der Waals surface area (Å²) in [5.74, 6) is -0.597. The number of nitrogen functional groups attached to an aromatic ring is 1. The first-order valence-electron chi connectivity index (χ1n) is 12.7. The number of anilines is 1. The van der Waals surface area contributed by atoms with Gasteiger partial charge in [-0.05, 0) is 50.8 Å². The number of Topliss-reactive ketones (excluding diaryl/α,β-unsaturated/α-hetero) is 1. The van der Waals surface area contributed by atoms with Gasteiger partial charge in [0.05, 0.1) is 23.1 Å². The average molecular weight is 515 g/mol. The SMILES string of the molecule is CC(=O)c1c(C2C[C@H]3CC[C@@H](C2)N3C(=O)CO)nc2c(-c3ccc(-c4cccc(F)c4)nc3)cnn2c1N. The number of aliphatic hydroxyl groups excluding tert-OH is 1. The Morgan fingerprint density at radius 1 is 1.11 bits per heavy atom. The van der Waals surface area contributed by atoms with Gasteiger partial charge in [0.2, 0.25) is 5.91 Å². The second kappa shape index (κ2) is 9.29. The summed E-state index contributed by atoms with van der Waals surface area (Å²) in [6.45, 7) is 0.972. The Labute approximate surface area is 218 Å². The van der Waals surface area contributed by atoms with Crippen LogP contribution < -0.4 is 5.73 Å². The van der Waals surface area contributed by atoms with Crippen LogP contribution in [0, 0.1) is 5.82 Å². The van der Waals surface area contributed by atoms with E-state index < -0.39 is 6.61 Å². The molecule has 0 saturated carbocycles. The summed E-state index contributed by atoms with van der Waals surface area (Å²) in [6, 6.07) is 9.95. The van der Waals surface area contributed by atoms with Crippen LogP contribution in [0.1, 0.15) is 54.6 Å². The van der Waals surface area contributed by atoms with E-state index in [9.17, 15) is 19.1 Å². The molecular formula is C28H27FN6O3. The number of carbonyl (C=O) groups is 2. The second-order valence-electron chi connectivity index (χ2n) is 10.1. The van der Waals surface area contributed by atoms with Gasteiger partial charge in [0, 0.05) is 40.9 Å². The van der Waals surface area contributed by atoms with Crippen LogP contribution in [0.5, 0.6) is 0 Å². The van der Waals surface area contributed by atoms with Gasteiger partial charge in [0.25, 0.3) is 0 Å². The van der Waals surface area contributed by atoms with Crippen molar-refractivity contribution in [3.63, 3.8) is 0 Å². The zero-order valence-corrected chi connectivity index (χ0v) is 20.8. The van der Waals surface area contributed by atoms with Crippen molar-refractivity contribution in [2.75, 3.05) is 12.3 Å². The molecule has 2 fully saturated rings. The van der Waals surface area contributed by atoms with E-state index in [1.165, 1.54) is 23.6 Å². The van der Waals surface area contributed by atoms with Gasteiger partial charge in [0.15, 0.2) is 11.4 Å². The van der Waals surface area contributed by atoms with E-state index >= 15 is 0 Å². The maximum Gasteiger partial charge on any atom is 0.248 e. The lowest BCUT2D eigenvalue weighted by molar-refractivity contribution is -0.138. The Kier molecular flexibility index (Phi) is 5.91. The zero-order valence-electron chi connectivity index (χ0n) is 20.8. The predicted molar refractivity (Wildman–Crippen MR) is 139 cm³/mol. The topological polar surface area (TPSA) is 127 Å². The Morgan fingerprint density at radius 2 is 1.87 bits per heavy atom. The van der Waals surface area contributed by atoms with Gasteiger partial charge < -0.3 is 15.7 Å². The molecule has 1 amide bonds. The Morgan fingerprint density at radius 3 is 2.50 bits per heavy atom. The number of halogens is 1. The first-order chi connectivity index (χ1) is 18.4. The van der Waals surface area contributed by atoms with Crippen molar-refractivity contribution in [2.45, 2.75) is 50.6 Å². The number of aromatic nitrogens is 4. The molecule has 2 saturated heterocycles. The van der Waals surface area contributed by atoms with Crippen LogP contribution in [0.25, 0.3) is 28.0 Å². The second-order valence-corrected chi connectivity index (χ2v) is 10.1. The maximum absolute atomic E-state index is 13.7. The number of aliphatic hydroxyl groups is 1. The summed E-state index contributed by atoms with van der Waals surface area (Å²) in [5.41, 5.74) is 10.8. The largest absolute Gasteiger partial charge is 0.387 e. The van der Waals surface area contributed by atoms with Crippen LogP contribution in [0.4, 0.5) is 10.2 Å². The molecule has 38 heavy (non-hydrogen) atoms. The molecule has 3 aromatic heterocycles. The van der Waals surface area contributed by atoms with Crippen molar-refractivity contribution in [1.29, 1.82) is 0 Å². The number of piperidine rings is 1. The molecular weight excluding hydrogens is 487 g/mol. The van der Waals surface area contributed by atoms with Crippen molar-refractivity contribution in [3.8, 4) is 22.4 Å². The highest BCUT2D eigenvalue weighted by Gasteiger charge is 2.44. The summed E-state index contributed by atoms with van der Waals surface area (Å²) < 4.78 is 15.1. The number of amides is 1. The molecule has 2 bridgehead atoms. The number of nitrogens with two attached hydrogens (primary N) is 1. The Bertz CT molecular complexity index is 1550. The molecule has 0 radical (unpaired) electrons. The van der Waals surface area contributed by atoms with Crippen molar-refractivity contribution in [3.05, 3.63) is 65.9 Å². The number of carbonyl (C=O) groups excluding carboxylic acids is 2. The molecule has 3 N–H and O–H groups in total. The average Bonchev–Trinajstić information content (AvgIpc) is 3.46. The lowest BCUT2D eigenvalue weighted by Gasteiger charge is -2.39. The zero-order chi connectivity index (χ0) is 26.6. The van der Waals surface area contributed by atoms with E-state index in [-0.39, 0.29) is 41.3 Å². The van der Waals surface area contributed by atoms with Crippen LogP contribution in [-0.4, -0.2) is 60.0 Å². The quantitative estimate of drug-likeness (QED) is 0.390. The molecule has 10 heteroatoms. The highest BCUT2D eigenvalue weighted by atomic mass is 19.1. The smallest absolute Gasteiger partial charge is 0.248 e. The van der Waals surface area contributed by atoms with Gasteiger partial charge in [-0.25, -0.2) is 9.37 Å². The van der Waals surface area contributed by atoms with E-state index in [0.29, 0.717) is 46.6 Å². The van der Waals surface area contributed by atoms with E-state index in [4.69, 9.17) is 10.7 Å². The molecule has 2 aliphatic heterocycles. The molecule has 1 aromatic carbocycles. The third-order valence-corrected chi connectivity index (χ3v) is 7.80. The monoisotopic (exact) mass is 514 g/mol. The third-order valence-electron chi connectivity index (χ3n) is 7.80. The summed E-state index contributed by atoms with van der Waals surface area (Å²) >= 11 is 0. The molecule has 194 valence electrons. The molecule has 5 heterocycles. The van der Waals surface area contributed by atoms with Crippen LogP contribution >= 0.6 is 0 Å². The van der Waals surface area contributed by atoms with Gasteiger partial charge in [-0.2, -0.15) is 9.61 Å². The molecule has 0 spiro atoms. The molecule has 6 rings (SSSR count). The van der Waals surface area contributed by atoms with Crippen LogP contribution in [0.15, 0.2) is 48.8 Å². The van der Waals surface area contributed by atoms with Crippen molar-refractivity contribution < 1.29 is 19.1 Å². The molecule has 9 nitrogen and oxygen atoms in total. The first-order valence-corrected chi connectivity index (χ1v) is 12.7. The number of pyridine rings is 1. The number of hydrogen-bond acceptors (Lipinski definition) is 7. The summed E-state index contributed by atoms with van der Waals surface area (Å²) in [7, 11) is 0. The van der Waals surface area contributed by atoms with E-state index in [0.717, 1.165) is 18.4 Å². The van der Waals surface area contributed by atoms with Crippen LogP contribution in [0.3, 0.4) is 0 Å². The summed E-state index contributed by atoms with van der Waals surface area (Å²) in [4.78, 5) is 36.4.